The summed E-state index contributed by atoms with van der Waals surface area (Å²) in [6.45, 7) is 2.62. The summed E-state index contributed by atoms with van der Waals surface area (Å²) in [5.41, 5.74) is 0. The van der Waals surface area contributed by atoms with Gasteiger partial charge in [0.15, 0.2) is 0 Å². The number of hydrogen-bond donors (Lipinski definition) is 1. The predicted molar refractivity (Wildman–Crippen MR) is 73.4 cm³/mol. The van der Waals surface area contributed by atoms with Gasteiger partial charge in [-0.15, -0.1) is 0 Å². The molecule has 2 fully saturated rings. The Kier molecular flexibility index (Phi) is 6.46. The van der Waals surface area contributed by atoms with Gasteiger partial charge in [0.05, 0.1) is 12.7 Å². The van der Waals surface area contributed by atoms with E-state index >= 15 is 0 Å². The van der Waals surface area contributed by atoms with Crippen molar-refractivity contribution >= 4 is 0 Å². The van der Waals surface area contributed by atoms with E-state index in [4.69, 9.17) is 9.78 Å². The van der Waals surface area contributed by atoms with Gasteiger partial charge in [0.25, 0.3) is 0 Å². The third kappa shape index (κ3) is 4.87. The van der Waals surface area contributed by atoms with E-state index in [2.05, 4.69) is 5.32 Å². The van der Waals surface area contributed by atoms with Gasteiger partial charge in [-0.2, -0.15) is 0 Å². The Hall–Kier alpha value is -0.120. The molecule has 0 aromatic rings. The molecule has 2 rings (SSSR count). The van der Waals surface area contributed by atoms with Crippen LogP contribution in [0.2, 0.25) is 0 Å². The highest BCUT2D eigenvalue weighted by molar-refractivity contribution is 4.81. The van der Waals surface area contributed by atoms with Crippen molar-refractivity contribution in [3.05, 3.63) is 0 Å². The van der Waals surface area contributed by atoms with E-state index in [1.165, 1.54) is 51.4 Å². The van der Waals surface area contributed by atoms with Crippen molar-refractivity contribution in [1.82, 2.24) is 5.32 Å². The molecule has 0 spiro atoms. The van der Waals surface area contributed by atoms with Gasteiger partial charge >= 0.3 is 0 Å². The highest BCUT2D eigenvalue weighted by atomic mass is 17.2. The van der Waals surface area contributed by atoms with Gasteiger partial charge in [0.2, 0.25) is 0 Å². The second-order valence-electron chi connectivity index (χ2n) is 5.83. The Morgan fingerprint density at radius 3 is 2.06 bits per heavy atom. The van der Waals surface area contributed by atoms with E-state index in [-0.39, 0.29) is 0 Å². The first-order chi connectivity index (χ1) is 8.88. The maximum Gasteiger partial charge on any atom is 0.0931 e. The topological polar surface area (TPSA) is 30.5 Å². The molecule has 0 bridgehead atoms. The average Bonchev–Trinajstić information content (AvgIpc) is 2.67. The minimum absolute atomic E-state index is 0.331. The minimum Gasteiger partial charge on any atom is -0.311 e. The maximum atomic E-state index is 5.36. The second kappa shape index (κ2) is 8.13. The molecule has 0 aromatic carbocycles. The largest absolute Gasteiger partial charge is 0.311 e. The Morgan fingerprint density at radius 1 is 0.833 bits per heavy atom. The molecule has 2 aliphatic rings. The van der Waals surface area contributed by atoms with E-state index in [0.29, 0.717) is 12.7 Å². The van der Waals surface area contributed by atoms with Gasteiger partial charge in [0.1, 0.15) is 0 Å². The van der Waals surface area contributed by atoms with Crippen molar-refractivity contribution in [1.29, 1.82) is 0 Å². The number of nitrogens with one attached hydrogen (secondary N) is 1. The van der Waals surface area contributed by atoms with Crippen LogP contribution in [0.3, 0.4) is 0 Å². The maximum absolute atomic E-state index is 5.36. The molecule has 0 amide bonds. The zero-order valence-electron chi connectivity index (χ0n) is 11.8. The highest BCUT2D eigenvalue weighted by Gasteiger charge is 2.24. The molecule has 0 aromatic heterocycles. The molecule has 106 valence electrons. The van der Waals surface area contributed by atoms with Crippen LogP contribution in [0.1, 0.15) is 71.1 Å². The zero-order valence-corrected chi connectivity index (χ0v) is 11.8. The number of rotatable bonds is 5. The van der Waals surface area contributed by atoms with Crippen LogP contribution in [-0.4, -0.2) is 24.8 Å². The monoisotopic (exact) mass is 255 g/mol. The Bertz CT molecular complexity index is 207. The summed E-state index contributed by atoms with van der Waals surface area (Å²) in [6, 6.07) is 1.50. The van der Waals surface area contributed by atoms with Crippen LogP contribution >= 0.6 is 0 Å². The summed E-state index contributed by atoms with van der Waals surface area (Å²) in [6.07, 6.45) is 13.6. The van der Waals surface area contributed by atoms with E-state index in [0.717, 1.165) is 24.9 Å². The average molecular weight is 255 g/mol. The van der Waals surface area contributed by atoms with E-state index < -0.39 is 0 Å². The summed E-state index contributed by atoms with van der Waals surface area (Å²) in [4.78, 5) is 10.4. The molecular formula is C15H29NO2. The fourth-order valence-electron chi connectivity index (χ4n) is 3.27. The van der Waals surface area contributed by atoms with Crippen molar-refractivity contribution in [2.24, 2.45) is 0 Å². The van der Waals surface area contributed by atoms with E-state index in [1.807, 2.05) is 6.92 Å². The van der Waals surface area contributed by atoms with E-state index in [9.17, 15) is 0 Å². The van der Waals surface area contributed by atoms with E-state index in [1.54, 1.807) is 0 Å². The summed E-state index contributed by atoms with van der Waals surface area (Å²) in [7, 11) is 0. The molecule has 0 saturated heterocycles. The molecule has 3 nitrogen and oxygen atoms in total. The second-order valence-corrected chi connectivity index (χ2v) is 5.83. The van der Waals surface area contributed by atoms with Gasteiger partial charge in [-0.3, -0.25) is 0 Å². The van der Waals surface area contributed by atoms with Crippen molar-refractivity contribution in [3.8, 4) is 0 Å². The fraction of sp³-hybridized carbons (Fsp3) is 1.00. The van der Waals surface area contributed by atoms with Gasteiger partial charge in [-0.1, -0.05) is 25.7 Å². The van der Waals surface area contributed by atoms with Gasteiger partial charge in [0, 0.05) is 12.1 Å². The Labute approximate surface area is 112 Å². The highest BCUT2D eigenvalue weighted by Crippen LogP contribution is 2.24. The van der Waals surface area contributed by atoms with Crippen LogP contribution in [0.15, 0.2) is 0 Å². The van der Waals surface area contributed by atoms with Crippen LogP contribution < -0.4 is 5.32 Å². The van der Waals surface area contributed by atoms with Crippen LogP contribution in [0.4, 0.5) is 0 Å². The molecule has 3 heteroatoms. The van der Waals surface area contributed by atoms with Crippen molar-refractivity contribution in [2.75, 3.05) is 6.61 Å². The van der Waals surface area contributed by atoms with Crippen molar-refractivity contribution < 1.29 is 9.78 Å². The first-order valence-electron chi connectivity index (χ1n) is 7.92. The quantitative estimate of drug-likeness (QED) is 0.463. The molecule has 0 aliphatic heterocycles. The lowest BCUT2D eigenvalue weighted by molar-refractivity contribution is -0.326. The summed E-state index contributed by atoms with van der Waals surface area (Å²) < 4.78 is 0. The molecule has 0 unspecified atom stereocenters. The minimum atomic E-state index is 0.331. The standard InChI is InChI=1S/C15H29NO2/c1-2-17-18-15-11-9-14(10-12-15)16-13-7-5-3-4-6-8-13/h13-16H,2-12H2,1H3. The normalized spacial score (nSPS) is 31.2. The molecule has 18 heavy (non-hydrogen) atoms. The molecule has 0 radical (unpaired) electrons. The number of hydrogen-bond acceptors (Lipinski definition) is 3. The molecule has 1 N–H and O–H groups in total. The van der Waals surface area contributed by atoms with Crippen LogP contribution in [-0.2, 0) is 9.78 Å². The Balaban J connectivity index is 1.63. The van der Waals surface area contributed by atoms with Gasteiger partial charge in [-0.25, -0.2) is 9.78 Å². The van der Waals surface area contributed by atoms with Gasteiger partial charge in [-0.05, 0) is 45.4 Å². The van der Waals surface area contributed by atoms with Crippen LogP contribution in [0.5, 0.6) is 0 Å². The molecule has 2 saturated carbocycles. The molecule has 0 atom stereocenters. The van der Waals surface area contributed by atoms with Crippen LogP contribution in [0.25, 0.3) is 0 Å². The zero-order chi connectivity index (χ0) is 12.6. The summed E-state index contributed by atoms with van der Waals surface area (Å²) in [5, 5.41) is 3.88. The smallest absolute Gasteiger partial charge is 0.0931 e. The summed E-state index contributed by atoms with van der Waals surface area (Å²) >= 11 is 0. The lowest BCUT2D eigenvalue weighted by Crippen LogP contribution is -2.41. The Morgan fingerprint density at radius 2 is 1.44 bits per heavy atom. The van der Waals surface area contributed by atoms with Gasteiger partial charge < -0.3 is 5.32 Å². The lowest BCUT2D eigenvalue weighted by atomic mass is 9.92. The third-order valence-corrected chi connectivity index (χ3v) is 4.32. The first-order valence-corrected chi connectivity index (χ1v) is 7.92. The lowest BCUT2D eigenvalue weighted by Gasteiger charge is -2.31. The predicted octanol–water partition coefficient (Wildman–Crippen LogP) is 3.58. The summed E-state index contributed by atoms with van der Waals surface area (Å²) in [5.74, 6) is 0. The first kappa shape index (κ1) is 14.3. The van der Waals surface area contributed by atoms with Crippen LogP contribution in [0, 0.1) is 0 Å². The van der Waals surface area contributed by atoms with Crippen molar-refractivity contribution in [2.45, 2.75) is 89.3 Å². The van der Waals surface area contributed by atoms with Crippen molar-refractivity contribution in [3.63, 3.8) is 0 Å². The molecule has 2 aliphatic carbocycles. The molecule has 0 heterocycles. The SMILES string of the molecule is CCOOC1CCC(NC2CCCCCC2)CC1. The fourth-order valence-corrected chi connectivity index (χ4v) is 3.27. The third-order valence-electron chi connectivity index (χ3n) is 4.32. The molecular weight excluding hydrogens is 226 g/mol.